The minimum atomic E-state index is 0.271. The summed E-state index contributed by atoms with van der Waals surface area (Å²) in [6, 6.07) is 8.15. The molecule has 3 nitrogen and oxygen atoms in total. The van der Waals surface area contributed by atoms with Gasteiger partial charge in [0.25, 0.3) is 0 Å². The highest BCUT2D eigenvalue weighted by Gasteiger charge is 2.12. The van der Waals surface area contributed by atoms with Gasteiger partial charge in [-0.1, -0.05) is 41.5 Å². The van der Waals surface area contributed by atoms with Gasteiger partial charge in [-0.2, -0.15) is 0 Å². The molecule has 0 aliphatic rings. The van der Waals surface area contributed by atoms with E-state index >= 15 is 0 Å². The first kappa shape index (κ1) is 14.3. The van der Waals surface area contributed by atoms with Crippen LogP contribution in [0.5, 0.6) is 0 Å². The predicted molar refractivity (Wildman–Crippen MR) is 83.5 cm³/mol. The molecule has 0 atom stereocenters. The SMILES string of the molecule is Cc1c(N)nc(C(C)C)nc1Sc1ccc(Br)cc1. The molecule has 0 aliphatic carbocycles. The number of nitrogens with zero attached hydrogens (tertiary/aromatic N) is 2. The third kappa shape index (κ3) is 3.48. The highest BCUT2D eigenvalue weighted by Crippen LogP contribution is 2.32. The Bertz CT molecular complexity index is 582. The molecule has 0 saturated carbocycles. The lowest BCUT2D eigenvalue weighted by atomic mass is 10.2. The molecule has 2 rings (SSSR count). The predicted octanol–water partition coefficient (Wildman–Crippen LogP) is 4.40. The maximum Gasteiger partial charge on any atom is 0.134 e. The van der Waals surface area contributed by atoms with Crippen molar-refractivity contribution in [3.05, 3.63) is 40.1 Å². The highest BCUT2D eigenvalue weighted by atomic mass is 79.9. The van der Waals surface area contributed by atoms with Crippen molar-refractivity contribution in [1.29, 1.82) is 0 Å². The van der Waals surface area contributed by atoms with Crippen molar-refractivity contribution in [2.75, 3.05) is 5.73 Å². The Hall–Kier alpha value is -1.07. The monoisotopic (exact) mass is 337 g/mol. The minimum Gasteiger partial charge on any atom is -0.383 e. The van der Waals surface area contributed by atoms with Crippen LogP contribution in [-0.4, -0.2) is 9.97 Å². The smallest absolute Gasteiger partial charge is 0.134 e. The second kappa shape index (κ2) is 5.92. The van der Waals surface area contributed by atoms with E-state index in [9.17, 15) is 0 Å². The van der Waals surface area contributed by atoms with Crippen LogP contribution in [0.4, 0.5) is 5.82 Å². The summed E-state index contributed by atoms with van der Waals surface area (Å²) < 4.78 is 1.07. The van der Waals surface area contributed by atoms with Crippen molar-refractivity contribution >= 4 is 33.5 Å². The molecule has 1 heterocycles. The fourth-order valence-electron chi connectivity index (χ4n) is 1.50. The molecule has 0 amide bonds. The number of hydrogen-bond acceptors (Lipinski definition) is 4. The summed E-state index contributed by atoms with van der Waals surface area (Å²) in [5.41, 5.74) is 6.91. The molecule has 2 N–H and O–H groups in total. The van der Waals surface area contributed by atoms with Crippen LogP contribution in [0, 0.1) is 6.92 Å². The van der Waals surface area contributed by atoms with Gasteiger partial charge >= 0.3 is 0 Å². The van der Waals surface area contributed by atoms with E-state index in [4.69, 9.17) is 5.73 Å². The summed E-state index contributed by atoms with van der Waals surface area (Å²) in [6.45, 7) is 6.09. The number of rotatable bonds is 3. The molecule has 0 bridgehead atoms. The van der Waals surface area contributed by atoms with E-state index in [1.54, 1.807) is 11.8 Å². The standard InChI is InChI=1S/C14H16BrN3S/c1-8(2)13-17-12(16)9(3)14(18-13)19-11-6-4-10(15)5-7-11/h4-8H,1-3H3,(H2,16,17,18). The van der Waals surface area contributed by atoms with Crippen LogP contribution in [0.1, 0.15) is 31.2 Å². The Morgan fingerprint density at radius 2 is 1.79 bits per heavy atom. The van der Waals surface area contributed by atoms with E-state index in [2.05, 4.69) is 51.9 Å². The van der Waals surface area contributed by atoms with Gasteiger partial charge in [0.15, 0.2) is 0 Å². The summed E-state index contributed by atoms with van der Waals surface area (Å²) in [7, 11) is 0. The van der Waals surface area contributed by atoms with Gasteiger partial charge in [0.05, 0.1) is 0 Å². The first-order chi connectivity index (χ1) is 8.97. The number of nitrogens with two attached hydrogens (primary N) is 1. The van der Waals surface area contributed by atoms with E-state index in [1.807, 2.05) is 19.1 Å². The molecule has 19 heavy (non-hydrogen) atoms. The molecule has 0 radical (unpaired) electrons. The second-order valence-corrected chi connectivity index (χ2v) is 6.59. The molecule has 0 fully saturated rings. The molecule has 100 valence electrons. The van der Waals surface area contributed by atoms with Crippen LogP contribution in [0.3, 0.4) is 0 Å². The molecule has 5 heteroatoms. The van der Waals surface area contributed by atoms with E-state index in [0.717, 1.165) is 25.8 Å². The third-order valence-corrected chi connectivity index (χ3v) is 4.33. The van der Waals surface area contributed by atoms with Crippen molar-refractivity contribution in [3.63, 3.8) is 0 Å². The fraction of sp³-hybridized carbons (Fsp3) is 0.286. The van der Waals surface area contributed by atoms with Gasteiger partial charge in [-0.15, -0.1) is 0 Å². The Morgan fingerprint density at radius 3 is 2.37 bits per heavy atom. The number of nitrogen functional groups attached to an aromatic ring is 1. The van der Waals surface area contributed by atoms with Crippen molar-refractivity contribution in [2.45, 2.75) is 36.6 Å². The topological polar surface area (TPSA) is 51.8 Å². The van der Waals surface area contributed by atoms with Crippen LogP contribution < -0.4 is 5.73 Å². The van der Waals surface area contributed by atoms with Crippen LogP contribution in [0.25, 0.3) is 0 Å². The molecule has 1 aromatic carbocycles. The minimum absolute atomic E-state index is 0.271. The number of hydrogen-bond donors (Lipinski definition) is 1. The second-order valence-electron chi connectivity index (χ2n) is 4.61. The zero-order valence-electron chi connectivity index (χ0n) is 11.1. The van der Waals surface area contributed by atoms with Gasteiger partial charge in [-0.3, -0.25) is 0 Å². The highest BCUT2D eigenvalue weighted by molar-refractivity contribution is 9.10. The van der Waals surface area contributed by atoms with Crippen molar-refractivity contribution in [1.82, 2.24) is 9.97 Å². The lowest BCUT2D eigenvalue weighted by molar-refractivity contribution is 0.751. The molecule has 0 spiro atoms. The van der Waals surface area contributed by atoms with Crippen molar-refractivity contribution in [3.8, 4) is 0 Å². The van der Waals surface area contributed by atoms with Gasteiger partial charge in [0.1, 0.15) is 16.7 Å². The van der Waals surface area contributed by atoms with Gasteiger partial charge < -0.3 is 5.73 Å². The van der Waals surface area contributed by atoms with Crippen LogP contribution in [0.2, 0.25) is 0 Å². The Balaban J connectivity index is 2.36. The molecule has 0 aliphatic heterocycles. The lowest BCUT2D eigenvalue weighted by Gasteiger charge is -2.11. The summed E-state index contributed by atoms with van der Waals surface area (Å²) >= 11 is 5.05. The summed E-state index contributed by atoms with van der Waals surface area (Å²) in [5, 5.41) is 0.929. The van der Waals surface area contributed by atoms with Crippen molar-refractivity contribution < 1.29 is 0 Å². The van der Waals surface area contributed by atoms with Crippen LogP contribution >= 0.6 is 27.7 Å². The van der Waals surface area contributed by atoms with Gasteiger partial charge in [-0.25, -0.2) is 9.97 Å². The third-order valence-electron chi connectivity index (χ3n) is 2.70. The number of anilines is 1. The molecular weight excluding hydrogens is 322 g/mol. The van der Waals surface area contributed by atoms with E-state index in [-0.39, 0.29) is 5.92 Å². The van der Waals surface area contributed by atoms with E-state index in [1.165, 1.54) is 0 Å². The maximum atomic E-state index is 5.97. The first-order valence-corrected chi connectivity index (χ1v) is 7.65. The molecule has 2 aromatic rings. The number of aromatic nitrogens is 2. The zero-order chi connectivity index (χ0) is 14.0. The summed E-state index contributed by atoms with van der Waals surface area (Å²) in [6.07, 6.45) is 0. The van der Waals surface area contributed by atoms with E-state index < -0.39 is 0 Å². The normalized spacial score (nSPS) is 11.0. The average molecular weight is 338 g/mol. The van der Waals surface area contributed by atoms with Gasteiger partial charge in [0, 0.05) is 20.8 Å². The zero-order valence-corrected chi connectivity index (χ0v) is 13.5. The molecule has 0 unspecified atom stereocenters. The summed E-state index contributed by atoms with van der Waals surface area (Å²) in [5.74, 6) is 1.63. The summed E-state index contributed by atoms with van der Waals surface area (Å²) in [4.78, 5) is 10.1. The van der Waals surface area contributed by atoms with Crippen molar-refractivity contribution in [2.24, 2.45) is 0 Å². The number of halogens is 1. The van der Waals surface area contributed by atoms with E-state index in [0.29, 0.717) is 5.82 Å². The Kier molecular flexibility index (Phi) is 4.47. The largest absolute Gasteiger partial charge is 0.383 e. The quantitative estimate of drug-likeness (QED) is 0.843. The first-order valence-electron chi connectivity index (χ1n) is 6.05. The Labute approximate surface area is 126 Å². The fourth-order valence-corrected chi connectivity index (χ4v) is 2.66. The maximum absolute atomic E-state index is 5.97. The molecule has 0 saturated heterocycles. The molecular formula is C14H16BrN3S. The lowest BCUT2D eigenvalue weighted by Crippen LogP contribution is -2.05. The van der Waals surface area contributed by atoms with Gasteiger partial charge in [0.2, 0.25) is 0 Å². The Morgan fingerprint density at radius 1 is 1.16 bits per heavy atom. The van der Waals surface area contributed by atoms with Gasteiger partial charge in [-0.05, 0) is 31.2 Å². The van der Waals surface area contributed by atoms with Crippen LogP contribution in [0.15, 0.2) is 38.7 Å². The molecule has 1 aromatic heterocycles. The van der Waals surface area contributed by atoms with Crippen LogP contribution in [-0.2, 0) is 0 Å². The average Bonchev–Trinajstić information content (AvgIpc) is 2.37. The number of benzene rings is 1.